The van der Waals surface area contributed by atoms with Crippen LogP contribution in [0.25, 0.3) is 0 Å². The van der Waals surface area contributed by atoms with Gasteiger partial charge in [-0.25, -0.2) is 0 Å². The van der Waals surface area contributed by atoms with Crippen LogP contribution in [0.5, 0.6) is 0 Å². The van der Waals surface area contributed by atoms with E-state index in [1.807, 2.05) is 0 Å². The van der Waals surface area contributed by atoms with Gasteiger partial charge < -0.3 is 0 Å². The molecular formula is C13H19N. The molecule has 1 aliphatic heterocycles. The van der Waals surface area contributed by atoms with Crippen molar-refractivity contribution in [3.63, 3.8) is 0 Å². The van der Waals surface area contributed by atoms with Crippen LogP contribution in [0.2, 0.25) is 0 Å². The van der Waals surface area contributed by atoms with Crippen LogP contribution >= 0.6 is 0 Å². The van der Waals surface area contributed by atoms with Gasteiger partial charge in [-0.15, -0.1) is 0 Å². The topological polar surface area (TPSA) is 3.24 Å². The zero-order valence-electron chi connectivity index (χ0n) is 9.59. The summed E-state index contributed by atoms with van der Waals surface area (Å²) in [6, 6.07) is 6.92. The maximum atomic E-state index is 2.41. The van der Waals surface area contributed by atoms with Gasteiger partial charge in [0.25, 0.3) is 0 Å². The number of nitrogens with zero attached hydrogens (tertiary/aromatic N) is 1. The van der Waals surface area contributed by atoms with Crippen LogP contribution < -0.4 is 0 Å². The number of benzene rings is 1. The third kappa shape index (κ3) is 1.27. The van der Waals surface area contributed by atoms with E-state index in [9.17, 15) is 0 Å². The van der Waals surface area contributed by atoms with E-state index in [2.05, 4.69) is 50.9 Å². The lowest BCUT2D eigenvalue weighted by Crippen LogP contribution is -2.31. The second kappa shape index (κ2) is 3.09. The van der Waals surface area contributed by atoms with Crippen molar-refractivity contribution in [3.8, 4) is 0 Å². The minimum atomic E-state index is 0.209. The van der Waals surface area contributed by atoms with Gasteiger partial charge in [-0.3, -0.25) is 4.90 Å². The van der Waals surface area contributed by atoms with E-state index in [0.717, 1.165) is 13.0 Å². The number of hydrogen-bond donors (Lipinski definition) is 0. The van der Waals surface area contributed by atoms with Crippen molar-refractivity contribution in [2.24, 2.45) is 0 Å². The van der Waals surface area contributed by atoms with Crippen LogP contribution in [0, 0.1) is 0 Å². The molecule has 76 valence electrons. The quantitative estimate of drug-likeness (QED) is 0.656. The molecule has 0 unspecified atom stereocenters. The summed E-state index contributed by atoms with van der Waals surface area (Å²) in [6.07, 6.45) is 1.13. The average molecular weight is 189 g/mol. The van der Waals surface area contributed by atoms with Gasteiger partial charge in [-0.1, -0.05) is 25.1 Å². The number of rotatable bonds is 1. The lowest BCUT2D eigenvalue weighted by Gasteiger charge is -2.28. The molecule has 0 atom stereocenters. The highest BCUT2D eigenvalue weighted by Crippen LogP contribution is 2.37. The van der Waals surface area contributed by atoms with Gasteiger partial charge in [0, 0.05) is 12.1 Å². The highest BCUT2D eigenvalue weighted by molar-refractivity contribution is 5.40. The highest BCUT2D eigenvalue weighted by atomic mass is 15.2. The Labute approximate surface area is 86.7 Å². The van der Waals surface area contributed by atoms with Gasteiger partial charge in [0.15, 0.2) is 0 Å². The van der Waals surface area contributed by atoms with Crippen LogP contribution in [0.15, 0.2) is 18.2 Å². The molecular weight excluding hydrogens is 170 g/mol. The smallest absolute Gasteiger partial charge is 0.0408 e. The van der Waals surface area contributed by atoms with Gasteiger partial charge >= 0.3 is 0 Å². The van der Waals surface area contributed by atoms with Crippen LogP contribution in [-0.4, -0.2) is 11.9 Å². The number of aryl methyl sites for hydroxylation is 1. The van der Waals surface area contributed by atoms with Crippen molar-refractivity contribution in [1.29, 1.82) is 0 Å². The summed E-state index contributed by atoms with van der Waals surface area (Å²) < 4.78 is 0. The SMILES string of the molecule is CCc1ccc2c(c1)C(C)(C)N(C)C2. The Hall–Kier alpha value is -0.820. The third-order valence-electron chi connectivity index (χ3n) is 3.60. The van der Waals surface area contributed by atoms with Crippen LogP contribution in [0.1, 0.15) is 37.5 Å². The molecule has 0 saturated heterocycles. The van der Waals surface area contributed by atoms with Gasteiger partial charge in [0.2, 0.25) is 0 Å². The van der Waals surface area contributed by atoms with Crippen molar-refractivity contribution in [3.05, 3.63) is 34.9 Å². The molecule has 1 nitrogen and oxygen atoms in total. The zero-order valence-corrected chi connectivity index (χ0v) is 9.59. The summed E-state index contributed by atoms with van der Waals surface area (Å²) in [5.74, 6) is 0. The van der Waals surface area contributed by atoms with E-state index >= 15 is 0 Å². The van der Waals surface area contributed by atoms with E-state index in [1.165, 1.54) is 16.7 Å². The minimum absolute atomic E-state index is 0.209. The van der Waals surface area contributed by atoms with Crippen LogP contribution in [-0.2, 0) is 18.5 Å². The first-order chi connectivity index (χ1) is 6.55. The van der Waals surface area contributed by atoms with Crippen molar-refractivity contribution in [1.82, 2.24) is 4.90 Å². The standard InChI is InChI=1S/C13H19N/c1-5-10-6-7-11-9-14(4)13(2,3)12(11)8-10/h6-8H,5,9H2,1-4H3. The largest absolute Gasteiger partial charge is 0.293 e. The predicted octanol–water partition coefficient (Wildman–Crippen LogP) is 2.93. The van der Waals surface area contributed by atoms with Gasteiger partial charge in [-0.05, 0) is 44.0 Å². The first kappa shape index (κ1) is 9.72. The summed E-state index contributed by atoms with van der Waals surface area (Å²) in [4.78, 5) is 2.41. The average Bonchev–Trinajstić information content (AvgIpc) is 2.38. The Kier molecular flexibility index (Phi) is 2.15. The monoisotopic (exact) mass is 189 g/mol. The normalized spacial score (nSPS) is 19.7. The molecule has 0 aliphatic carbocycles. The number of hydrogen-bond acceptors (Lipinski definition) is 1. The molecule has 0 aromatic heterocycles. The zero-order chi connectivity index (χ0) is 10.3. The molecule has 0 amide bonds. The Balaban J connectivity index is 2.51. The van der Waals surface area contributed by atoms with Crippen LogP contribution in [0.4, 0.5) is 0 Å². The van der Waals surface area contributed by atoms with Gasteiger partial charge in [-0.2, -0.15) is 0 Å². The van der Waals surface area contributed by atoms with Crippen LogP contribution in [0.3, 0.4) is 0 Å². The molecule has 0 radical (unpaired) electrons. The van der Waals surface area contributed by atoms with Crippen molar-refractivity contribution in [2.45, 2.75) is 39.3 Å². The fraction of sp³-hybridized carbons (Fsp3) is 0.538. The van der Waals surface area contributed by atoms with E-state index in [4.69, 9.17) is 0 Å². The molecule has 1 aliphatic rings. The second-order valence-electron chi connectivity index (χ2n) is 4.76. The molecule has 0 bridgehead atoms. The Morgan fingerprint density at radius 3 is 2.71 bits per heavy atom. The summed E-state index contributed by atoms with van der Waals surface area (Å²) >= 11 is 0. The summed E-state index contributed by atoms with van der Waals surface area (Å²) in [5, 5.41) is 0. The summed E-state index contributed by atoms with van der Waals surface area (Å²) in [6.45, 7) is 7.91. The molecule has 1 aromatic rings. The maximum Gasteiger partial charge on any atom is 0.0408 e. The third-order valence-corrected chi connectivity index (χ3v) is 3.60. The van der Waals surface area contributed by atoms with Crippen molar-refractivity contribution < 1.29 is 0 Å². The van der Waals surface area contributed by atoms with Gasteiger partial charge in [0.1, 0.15) is 0 Å². The molecule has 0 spiro atoms. The second-order valence-corrected chi connectivity index (χ2v) is 4.76. The lowest BCUT2D eigenvalue weighted by molar-refractivity contribution is 0.178. The molecule has 14 heavy (non-hydrogen) atoms. The fourth-order valence-corrected chi connectivity index (χ4v) is 2.21. The molecule has 2 rings (SSSR count). The minimum Gasteiger partial charge on any atom is -0.293 e. The Morgan fingerprint density at radius 1 is 1.36 bits per heavy atom. The molecule has 0 N–H and O–H groups in total. The van der Waals surface area contributed by atoms with E-state index < -0.39 is 0 Å². The molecule has 1 heteroatoms. The maximum absolute atomic E-state index is 2.41. The van der Waals surface area contributed by atoms with E-state index in [1.54, 1.807) is 0 Å². The van der Waals surface area contributed by atoms with E-state index in [-0.39, 0.29) is 5.54 Å². The van der Waals surface area contributed by atoms with E-state index in [0.29, 0.717) is 0 Å². The van der Waals surface area contributed by atoms with Gasteiger partial charge in [0.05, 0.1) is 0 Å². The first-order valence-corrected chi connectivity index (χ1v) is 5.39. The Morgan fingerprint density at radius 2 is 2.07 bits per heavy atom. The summed E-state index contributed by atoms with van der Waals surface area (Å²) in [5.41, 5.74) is 4.67. The highest BCUT2D eigenvalue weighted by Gasteiger charge is 2.34. The Bertz CT molecular complexity index is 352. The fourth-order valence-electron chi connectivity index (χ4n) is 2.21. The van der Waals surface area contributed by atoms with Crippen molar-refractivity contribution in [2.75, 3.05) is 7.05 Å². The lowest BCUT2D eigenvalue weighted by atomic mass is 9.92. The van der Waals surface area contributed by atoms with Crippen molar-refractivity contribution >= 4 is 0 Å². The summed E-state index contributed by atoms with van der Waals surface area (Å²) in [7, 11) is 2.20. The first-order valence-electron chi connectivity index (χ1n) is 5.39. The molecule has 1 aromatic carbocycles. The molecule has 1 heterocycles. The molecule has 0 saturated carbocycles. The molecule has 0 fully saturated rings. The number of fused-ring (bicyclic) bond motifs is 1. The predicted molar refractivity (Wildman–Crippen MR) is 60.3 cm³/mol.